The molecule has 0 saturated carbocycles. The van der Waals surface area contributed by atoms with Crippen molar-refractivity contribution in [3.8, 4) is 0 Å². The molecule has 0 bridgehead atoms. The summed E-state index contributed by atoms with van der Waals surface area (Å²) in [5, 5.41) is 10.0. The maximum absolute atomic E-state index is 12.9. The molecule has 1 unspecified atom stereocenters. The average Bonchev–Trinajstić information content (AvgIpc) is 3.25. The summed E-state index contributed by atoms with van der Waals surface area (Å²) in [6, 6.07) is 12.6. The monoisotopic (exact) mass is 444 g/mol. The molecule has 31 heavy (non-hydrogen) atoms. The number of aromatic nitrogens is 3. The first-order valence-electron chi connectivity index (χ1n) is 9.06. The van der Waals surface area contributed by atoms with Crippen molar-refractivity contribution in [1.29, 1.82) is 0 Å². The molecule has 1 amide bonds. The van der Waals surface area contributed by atoms with Crippen molar-refractivity contribution in [2.45, 2.75) is 22.5 Å². The predicted octanol–water partition coefficient (Wildman–Crippen LogP) is 4.07. The smallest absolute Gasteiger partial charge is 0.348 e. The Balaban J connectivity index is 1.42. The van der Waals surface area contributed by atoms with E-state index in [0.717, 1.165) is 17.7 Å². The first kappa shape index (κ1) is 20.7. The topological polar surface area (TPSA) is 87.7 Å². The van der Waals surface area contributed by atoms with Crippen molar-refractivity contribution in [2.75, 3.05) is 0 Å². The summed E-state index contributed by atoms with van der Waals surface area (Å²) in [4.78, 5) is 16.9. The van der Waals surface area contributed by atoms with E-state index in [0.29, 0.717) is 21.5 Å². The fraction of sp³-hybridized carbons (Fsp3) is 0.0952. The van der Waals surface area contributed by atoms with E-state index in [4.69, 9.17) is 0 Å². The van der Waals surface area contributed by atoms with E-state index in [1.807, 2.05) is 0 Å². The lowest BCUT2D eigenvalue weighted by atomic mass is 10.2. The van der Waals surface area contributed by atoms with Gasteiger partial charge in [0.2, 0.25) is 0 Å². The number of carbonyl (C=O) groups is 1. The summed E-state index contributed by atoms with van der Waals surface area (Å²) in [5.41, 5.74) is 0.869. The normalized spacial score (nSPS) is 12.6. The number of benzene rings is 2. The molecule has 10 heteroatoms. The standard InChI is InChI=1S/C21H15F3N4O2S/c22-21(23,24)16-2-1-3-18(9-16)31(30)17-6-4-13(5-7-17)10-26-20(29)15-8-14-12-27-28-19(14)25-11-15/h1-9,11-12H,10H2,(H,26,29)(H,25,27,28). The highest BCUT2D eigenvalue weighted by Crippen LogP contribution is 2.31. The lowest BCUT2D eigenvalue weighted by Crippen LogP contribution is -2.22. The van der Waals surface area contributed by atoms with Gasteiger partial charge in [-0.1, -0.05) is 18.2 Å². The summed E-state index contributed by atoms with van der Waals surface area (Å²) < 4.78 is 51.3. The molecule has 2 N–H and O–H groups in total. The first-order chi connectivity index (χ1) is 14.8. The number of halogens is 3. The minimum atomic E-state index is -4.50. The molecule has 0 aliphatic rings. The Morgan fingerprint density at radius 2 is 1.81 bits per heavy atom. The van der Waals surface area contributed by atoms with Crippen molar-refractivity contribution >= 4 is 27.7 Å². The van der Waals surface area contributed by atoms with E-state index >= 15 is 0 Å². The van der Waals surface area contributed by atoms with Crippen LogP contribution < -0.4 is 5.32 Å². The molecule has 2 heterocycles. The molecule has 1 atom stereocenters. The molecule has 4 aromatic rings. The van der Waals surface area contributed by atoms with Gasteiger partial charge in [-0.15, -0.1) is 0 Å². The van der Waals surface area contributed by atoms with Gasteiger partial charge in [0, 0.05) is 27.9 Å². The molecule has 0 fully saturated rings. The number of carbonyl (C=O) groups excluding carboxylic acids is 1. The lowest BCUT2D eigenvalue weighted by Gasteiger charge is -2.09. The van der Waals surface area contributed by atoms with Crippen molar-refractivity contribution in [3.63, 3.8) is 0 Å². The van der Waals surface area contributed by atoms with E-state index in [2.05, 4.69) is 20.5 Å². The predicted molar refractivity (Wildman–Crippen MR) is 108 cm³/mol. The average molecular weight is 444 g/mol. The molecule has 0 aliphatic carbocycles. The second kappa shape index (κ2) is 8.31. The Bertz CT molecular complexity index is 1270. The second-order valence-corrected chi connectivity index (χ2v) is 8.13. The van der Waals surface area contributed by atoms with Gasteiger partial charge in [0.25, 0.3) is 5.91 Å². The van der Waals surface area contributed by atoms with Crippen molar-refractivity contribution in [1.82, 2.24) is 20.5 Å². The van der Waals surface area contributed by atoms with E-state index < -0.39 is 22.5 Å². The number of hydrogen-bond acceptors (Lipinski definition) is 4. The van der Waals surface area contributed by atoms with Crippen LogP contribution in [-0.4, -0.2) is 25.3 Å². The van der Waals surface area contributed by atoms with E-state index in [1.165, 1.54) is 18.3 Å². The maximum atomic E-state index is 12.9. The Kier molecular flexibility index (Phi) is 5.55. The fourth-order valence-electron chi connectivity index (χ4n) is 2.90. The third-order valence-corrected chi connectivity index (χ3v) is 5.90. The minimum Gasteiger partial charge on any atom is -0.348 e. The Labute approximate surface area is 177 Å². The zero-order valence-electron chi connectivity index (χ0n) is 15.8. The van der Waals surface area contributed by atoms with Crippen molar-refractivity contribution in [2.24, 2.45) is 0 Å². The Hall–Kier alpha value is -3.53. The van der Waals surface area contributed by atoms with Gasteiger partial charge in [0.1, 0.15) is 0 Å². The second-order valence-electron chi connectivity index (χ2n) is 6.65. The molecule has 0 saturated heterocycles. The summed E-state index contributed by atoms with van der Waals surface area (Å²) in [5.74, 6) is -0.313. The van der Waals surface area contributed by atoms with Crippen molar-refractivity contribution in [3.05, 3.63) is 83.7 Å². The Morgan fingerprint density at radius 3 is 2.55 bits per heavy atom. The highest BCUT2D eigenvalue weighted by Gasteiger charge is 2.30. The van der Waals surface area contributed by atoms with Crippen LogP contribution >= 0.6 is 0 Å². The van der Waals surface area contributed by atoms with Gasteiger partial charge >= 0.3 is 6.18 Å². The SMILES string of the molecule is O=C(NCc1ccc(S(=O)c2cccc(C(F)(F)F)c2)cc1)c1cnc2[nH]ncc2c1. The molecule has 0 aliphatic heterocycles. The van der Waals surface area contributed by atoms with Crippen LogP contribution in [0, 0.1) is 0 Å². The van der Waals surface area contributed by atoms with Crippen LogP contribution in [0.5, 0.6) is 0 Å². The number of hydrogen-bond donors (Lipinski definition) is 2. The lowest BCUT2D eigenvalue weighted by molar-refractivity contribution is -0.137. The zero-order valence-corrected chi connectivity index (χ0v) is 16.6. The molecular weight excluding hydrogens is 429 g/mol. The number of amides is 1. The highest BCUT2D eigenvalue weighted by atomic mass is 32.2. The molecule has 2 aromatic carbocycles. The third kappa shape index (κ3) is 4.64. The van der Waals surface area contributed by atoms with E-state index in [9.17, 15) is 22.2 Å². The number of fused-ring (bicyclic) bond motifs is 1. The highest BCUT2D eigenvalue weighted by molar-refractivity contribution is 7.85. The molecule has 2 aromatic heterocycles. The van der Waals surface area contributed by atoms with Gasteiger partial charge in [-0.25, -0.2) is 9.19 Å². The van der Waals surface area contributed by atoms with Crippen LogP contribution in [-0.2, 0) is 23.5 Å². The largest absolute Gasteiger partial charge is 0.416 e. The van der Waals surface area contributed by atoms with Crippen LogP contribution in [0.25, 0.3) is 11.0 Å². The van der Waals surface area contributed by atoms with Gasteiger partial charge in [-0.3, -0.25) is 9.89 Å². The number of alkyl halides is 3. The summed E-state index contributed by atoms with van der Waals surface area (Å²) in [6.07, 6.45) is -1.49. The van der Waals surface area contributed by atoms with Crippen LogP contribution in [0.2, 0.25) is 0 Å². The van der Waals surface area contributed by atoms with Gasteiger partial charge in [0.15, 0.2) is 5.65 Å². The van der Waals surface area contributed by atoms with E-state index in [-0.39, 0.29) is 17.3 Å². The van der Waals surface area contributed by atoms with Crippen molar-refractivity contribution < 1.29 is 22.2 Å². The zero-order chi connectivity index (χ0) is 22.0. The Morgan fingerprint density at radius 1 is 1.03 bits per heavy atom. The summed E-state index contributed by atoms with van der Waals surface area (Å²) in [7, 11) is -1.76. The molecular formula is C21H15F3N4O2S. The summed E-state index contributed by atoms with van der Waals surface area (Å²) in [6.45, 7) is 0.221. The molecule has 4 rings (SSSR count). The van der Waals surface area contributed by atoms with Gasteiger partial charge < -0.3 is 5.32 Å². The number of pyridine rings is 1. The molecule has 0 spiro atoms. The molecule has 0 radical (unpaired) electrons. The number of nitrogens with zero attached hydrogens (tertiary/aromatic N) is 2. The number of nitrogens with one attached hydrogen (secondary N) is 2. The minimum absolute atomic E-state index is 0.0676. The summed E-state index contributed by atoms with van der Waals surface area (Å²) >= 11 is 0. The van der Waals surface area contributed by atoms with Gasteiger partial charge in [-0.05, 0) is 42.0 Å². The fourth-order valence-corrected chi connectivity index (χ4v) is 3.99. The molecule has 6 nitrogen and oxygen atoms in total. The number of H-pyrrole nitrogens is 1. The molecule has 158 valence electrons. The first-order valence-corrected chi connectivity index (χ1v) is 10.2. The van der Waals surface area contributed by atoms with Crippen LogP contribution in [0.15, 0.2) is 76.8 Å². The quantitative estimate of drug-likeness (QED) is 0.486. The maximum Gasteiger partial charge on any atom is 0.416 e. The van der Waals surface area contributed by atoms with Crippen LogP contribution in [0.3, 0.4) is 0 Å². The van der Waals surface area contributed by atoms with E-state index in [1.54, 1.807) is 36.5 Å². The number of aromatic amines is 1. The van der Waals surface area contributed by atoms with Crippen LogP contribution in [0.1, 0.15) is 21.5 Å². The van der Waals surface area contributed by atoms with Gasteiger partial charge in [0.05, 0.1) is 28.1 Å². The van der Waals surface area contributed by atoms with Gasteiger partial charge in [-0.2, -0.15) is 18.3 Å². The van der Waals surface area contributed by atoms with Crippen LogP contribution in [0.4, 0.5) is 13.2 Å². The third-order valence-electron chi connectivity index (χ3n) is 4.52. The number of rotatable bonds is 5.